The number of carbonyl (C=O) groups is 2. The van der Waals surface area contributed by atoms with Crippen LogP contribution in [-0.2, 0) is 14.8 Å². The van der Waals surface area contributed by atoms with Crippen molar-refractivity contribution in [1.82, 2.24) is 14.1 Å². The Morgan fingerprint density at radius 3 is 2.03 bits per heavy atom. The Balaban J connectivity index is 1.43. The molecule has 0 atom stereocenters. The maximum Gasteiger partial charge on any atom is 0.253 e. The van der Waals surface area contributed by atoms with Gasteiger partial charge in [-0.2, -0.15) is 4.31 Å². The van der Waals surface area contributed by atoms with E-state index in [1.807, 2.05) is 4.90 Å². The van der Waals surface area contributed by atoms with E-state index in [1.54, 1.807) is 34.3 Å². The molecule has 3 heterocycles. The maximum absolute atomic E-state index is 13.2. The van der Waals surface area contributed by atoms with Crippen LogP contribution < -0.4 is 0 Å². The van der Waals surface area contributed by atoms with E-state index in [0.29, 0.717) is 50.1 Å². The lowest BCUT2D eigenvalue weighted by Crippen LogP contribution is -2.45. The average Bonchev–Trinajstić information content (AvgIpc) is 2.84. The molecule has 4 rings (SSSR count). The highest BCUT2D eigenvalue weighted by molar-refractivity contribution is 7.89. The van der Waals surface area contributed by atoms with Gasteiger partial charge in [0.1, 0.15) is 0 Å². The summed E-state index contributed by atoms with van der Waals surface area (Å²) in [6.45, 7) is 5.64. The molecule has 32 heavy (non-hydrogen) atoms. The van der Waals surface area contributed by atoms with E-state index in [1.165, 1.54) is 6.42 Å². The van der Waals surface area contributed by atoms with Crippen molar-refractivity contribution < 1.29 is 18.0 Å². The Bertz CT molecular complexity index is 942. The highest BCUT2D eigenvalue weighted by atomic mass is 32.2. The summed E-state index contributed by atoms with van der Waals surface area (Å²) in [4.78, 5) is 30.0. The van der Waals surface area contributed by atoms with Crippen molar-refractivity contribution in [3.63, 3.8) is 0 Å². The molecule has 3 fully saturated rings. The molecule has 3 aliphatic heterocycles. The molecule has 0 spiro atoms. The zero-order valence-electron chi connectivity index (χ0n) is 19.1. The minimum atomic E-state index is -3.60. The zero-order chi connectivity index (χ0) is 22.7. The fourth-order valence-corrected chi connectivity index (χ4v) is 6.91. The Morgan fingerprint density at radius 1 is 0.812 bits per heavy atom. The molecule has 2 amide bonds. The lowest BCUT2D eigenvalue weighted by Gasteiger charge is -2.35. The normalized spacial score (nSPS) is 21.5. The van der Waals surface area contributed by atoms with Crippen LogP contribution in [0.15, 0.2) is 23.1 Å². The van der Waals surface area contributed by atoms with Crippen LogP contribution in [0.4, 0.5) is 0 Å². The van der Waals surface area contributed by atoms with Gasteiger partial charge in [-0.1, -0.05) is 12.5 Å². The van der Waals surface area contributed by atoms with Crippen molar-refractivity contribution in [2.24, 2.45) is 5.92 Å². The van der Waals surface area contributed by atoms with E-state index >= 15 is 0 Å². The first-order valence-electron chi connectivity index (χ1n) is 12.1. The Kier molecular flexibility index (Phi) is 7.20. The summed E-state index contributed by atoms with van der Waals surface area (Å²) in [5.41, 5.74) is 1.07. The molecule has 3 aliphatic rings. The van der Waals surface area contributed by atoms with Crippen LogP contribution in [0.1, 0.15) is 67.3 Å². The van der Waals surface area contributed by atoms with E-state index in [-0.39, 0.29) is 22.6 Å². The molecule has 8 heteroatoms. The Labute approximate surface area is 191 Å². The summed E-state index contributed by atoms with van der Waals surface area (Å²) in [5.74, 6) is 0.0798. The van der Waals surface area contributed by atoms with Gasteiger partial charge in [0.15, 0.2) is 0 Å². The van der Waals surface area contributed by atoms with Crippen molar-refractivity contribution in [3.8, 4) is 0 Å². The summed E-state index contributed by atoms with van der Waals surface area (Å²) in [5, 5.41) is 0. The van der Waals surface area contributed by atoms with Crippen LogP contribution in [0.5, 0.6) is 0 Å². The smallest absolute Gasteiger partial charge is 0.253 e. The number of aryl methyl sites for hydroxylation is 1. The van der Waals surface area contributed by atoms with Crippen LogP contribution in [-0.4, -0.2) is 73.6 Å². The molecular formula is C24H35N3O4S. The molecule has 7 nitrogen and oxygen atoms in total. The molecule has 0 aromatic heterocycles. The van der Waals surface area contributed by atoms with Crippen LogP contribution in [0.25, 0.3) is 0 Å². The highest BCUT2D eigenvalue weighted by Crippen LogP contribution is 2.27. The minimum Gasteiger partial charge on any atom is -0.342 e. The molecule has 0 saturated carbocycles. The second kappa shape index (κ2) is 9.91. The summed E-state index contributed by atoms with van der Waals surface area (Å²) >= 11 is 0. The number of sulfonamides is 1. The molecule has 0 radical (unpaired) electrons. The van der Waals surface area contributed by atoms with Crippen molar-refractivity contribution in [3.05, 3.63) is 29.3 Å². The van der Waals surface area contributed by atoms with Crippen molar-refractivity contribution in [1.29, 1.82) is 0 Å². The van der Waals surface area contributed by atoms with Gasteiger partial charge in [0.25, 0.3) is 5.91 Å². The van der Waals surface area contributed by atoms with E-state index in [0.717, 1.165) is 45.2 Å². The molecule has 1 aromatic carbocycles. The lowest BCUT2D eigenvalue weighted by atomic mass is 9.94. The number of carbonyl (C=O) groups excluding carboxylic acids is 2. The summed E-state index contributed by atoms with van der Waals surface area (Å²) in [6.07, 6.45) is 7.52. The third-order valence-electron chi connectivity index (χ3n) is 7.17. The number of likely N-dealkylation sites (tertiary alicyclic amines) is 2. The third-order valence-corrected chi connectivity index (χ3v) is 9.21. The van der Waals surface area contributed by atoms with Gasteiger partial charge in [-0.15, -0.1) is 0 Å². The first kappa shape index (κ1) is 23.2. The largest absolute Gasteiger partial charge is 0.342 e. The fourth-order valence-electron chi connectivity index (χ4n) is 5.14. The zero-order valence-corrected chi connectivity index (χ0v) is 19.9. The van der Waals surface area contributed by atoms with E-state index in [4.69, 9.17) is 0 Å². The van der Waals surface area contributed by atoms with Crippen molar-refractivity contribution in [2.75, 3.05) is 39.3 Å². The van der Waals surface area contributed by atoms with Gasteiger partial charge >= 0.3 is 0 Å². The van der Waals surface area contributed by atoms with Crippen molar-refractivity contribution in [2.45, 2.75) is 63.2 Å². The van der Waals surface area contributed by atoms with Gasteiger partial charge < -0.3 is 9.80 Å². The predicted molar refractivity (Wildman–Crippen MR) is 123 cm³/mol. The van der Waals surface area contributed by atoms with Gasteiger partial charge in [0.05, 0.1) is 4.90 Å². The third kappa shape index (κ3) is 4.86. The molecule has 176 valence electrons. The van der Waals surface area contributed by atoms with E-state index in [2.05, 4.69) is 0 Å². The number of piperidine rings is 3. The monoisotopic (exact) mass is 461 g/mol. The minimum absolute atomic E-state index is 0.00907. The Morgan fingerprint density at radius 2 is 1.41 bits per heavy atom. The van der Waals surface area contributed by atoms with Crippen LogP contribution in [0, 0.1) is 12.8 Å². The average molecular weight is 462 g/mol. The first-order chi connectivity index (χ1) is 15.4. The van der Waals surface area contributed by atoms with E-state index in [9.17, 15) is 18.0 Å². The maximum atomic E-state index is 13.2. The predicted octanol–water partition coefficient (Wildman–Crippen LogP) is 3.03. The van der Waals surface area contributed by atoms with E-state index < -0.39 is 10.0 Å². The number of hydrogen-bond acceptors (Lipinski definition) is 4. The molecule has 0 unspecified atom stereocenters. The van der Waals surface area contributed by atoms with Gasteiger partial charge in [0, 0.05) is 50.7 Å². The van der Waals surface area contributed by atoms with Gasteiger partial charge in [-0.25, -0.2) is 8.42 Å². The van der Waals surface area contributed by atoms with Gasteiger partial charge in [-0.3, -0.25) is 9.59 Å². The topological polar surface area (TPSA) is 78.0 Å². The molecule has 1 aromatic rings. The number of benzene rings is 1. The number of amides is 2. The summed E-state index contributed by atoms with van der Waals surface area (Å²) < 4.78 is 27.9. The second-order valence-electron chi connectivity index (χ2n) is 9.40. The van der Waals surface area contributed by atoms with Crippen LogP contribution in [0.3, 0.4) is 0 Å². The molecular weight excluding hydrogens is 426 g/mol. The standard InChI is InChI=1S/C24H35N3O4S/c1-19-8-9-21(18-22(19)32(30,31)27-14-6-3-7-15-27)24(29)26-16-10-20(11-17-26)23(28)25-12-4-2-5-13-25/h8-9,18,20H,2-7,10-17H2,1H3. The quantitative estimate of drug-likeness (QED) is 0.691. The van der Waals surface area contributed by atoms with Gasteiger partial charge in [0.2, 0.25) is 15.9 Å². The first-order valence-corrected chi connectivity index (χ1v) is 13.5. The Hall–Kier alpha value is -1.93. The van der Waals surface area contributed by atoms with Crippen LogP contribution >= 0.6 is 0 Å². The molecule has 3 saturated heterocycles. The highest BCUT2D eigenvalue weighted by Gasteiger charge is 2.32. The molecule has 0 aliphatic carbocycles. The fraction of sp³-hybridized carbons (Fsp3) is 0.667. The number of hydrogen-bond donors (Lipinski definition) is 0. The molecule has 0 bridgehead atoms. The summed E-state index contributed by atoms with van der Waals surface area (Å²) in [7, 11) is -3.60. The number of nitrogens with zero attached hydrogens (tertiary/aromatic N) is 3. The van der Waals surface area contributed by atoms with Crippen LogP contribution in [0.2, 0.25) is 0 Å². The van der Waals surface area contributed by atoms with Gasteiger partial charge in [-0.05, 0) is 69.6 Å². The SMILES string of the molecule is Cc1ccc(C(=O)N2CCC(C(=O)N3CCCCC3)CC2)cc1S(=O)(=O)N1CCCCC1. The second-order valence-corrected chi connectivity index (χ2v) is 11.3. The number of rotatable bonds is 4. The summed E-state index contributed by atoms with van der Waals surface area (Å²) in [6, 6.07) is 5.00. The lowest BCUT2D eigenvalue weighted by molar-refractivity contribution is -0.137. The molecule has 0 N–H and O–H groups in total. The van der Waals surface area contributed by atoms with Crippen molar-refractivity contribution >= 4 is 21.8 Å².